The number of hydrogen-bond acceptors (Lipinski definition) is 4. The zero-order valence-electron chi connectivity index (χ0n) is 14.7. The molecule has 8 heteroatoms. The van der Waals surface area contributed by atoms with Crippen LogP contribution < -0.4 is 4.31 Å². The lowest BCUT2D eigenvalue weighted by molar-refractivity contribution is -0.122. The summed E-state index contributed by atoms with van der Waals surface area (Å²) in [5, 5.41) is 0. The summed E-state index contributed by atoms with van der Waals surface area (Å²) in [5.74, 6) is -0.588. The topological polar surface area (TPSA) is 71.5 Å². The van der Waals surface area contributed by atoms with Gasteiger partial charge in [0.25, 0.3) is 15.9 Å². The zero-order chi connectivity index (χ0) is 20.0. The second-order valence-electron chi connectivity index (χ2n) is 6.72. The van der Waals surface area contributed by atoms with E-state index in [0.29, 0.717) is 11.3 Å². The van der Waals surface area contributed by atoms with E-state index in [1.165, 1.54) is 19.1 Å². The van der Waals surface area contributed by atoms with Gasteiger partial charge in [-0.2, -0.15) is 0 Å². The van der Waals surface area contributed by atoms with Crippen LogP contribution in [0.4, 0.5) is 5.69 Å². The number of rotatable bonds is 5. The van der Waals surface area contributed by atoms with Crippen LogP contribution in [-0.2, 0) is 25.0 Å². The number of ketones is 1. The Kier molecular flexibility index (Phi) is 5.35. The van der Waals surface area contributed by atoms with Crippen molar-refractivity contribution in [3.05, 3.63) is 57.0 Å². The van der Waals surface area contributed by atoms with E-state index in [0.717, 1.165) is 13.3 Å². The van der Waals surface area contributed by atoms with Crippen LogP contribution in [0.3, 0.4) is 0 Å². The molecule has 142 valence electrons. The molecule has 1 aliphatic heterocycles. The smallest absolute Gasteiger partial charge is 0.270 e. The third kappa shape index (κ3) is 3.50. The van der Waals surface area contributed by atoms with Crippen LogP contribution in [0.5, 0.6) is 0 Å². The summed E-state index contributed by atoms with van der Waals surface area (Å²) in [6, 6.07) is 11.2. The summed E-state index contributed by atoms with van der Waals surface area (Å²) in [7, 11) is -4.08. The van der Waals surface area contributed by atoms with Gasteiger partial charge in [-0.25, -0.2) is 12.7 Å². The Hall–Kier alpha value is -1.51. The number of halogens is 2. The van der Waals surface area contributed by atoms with Gasteiger partial charge in [0.15, 0.2) is 0 Å². The molecule has 0 N–H and O–H groups in total. The van der Waals surface area contributed by atoms with Crippen molar-refractivity contribution < 1.29 is 18.0 Å². The van der Waals surface area contributed by atoms with Crippen molar-refractivity contribution in [1.29, 1.82) is 0 Å². The van der Waals surface area contributed by atoms with Crippen LogP contribution >= 0.6 is 31.9 Å². The molecular formula is C19H17Br2NO4S. The number of fused-ring (bicyclic) bond motifs is 1. The summed E-state index contributed by atoms with van der Waals surface area (Å²) in [6.45, 7) is 3.15. The number of carbonyl (C=O) groups is 2. The Morgan fingerprint density at radius 1 is 1.07 bits per heavy atom. The van der Waals surface area contributed by atoms with Gasteiger partial charge in [-0.1, -0.05) is 31.9 Å². The minimum absolute atomic E-state index is 0.0312. The third-order valence-corrected chi connectivity index (χ3v) is 7.49. The number of sulfonamides is 1. The van der Waals surface area contributed by atoms with E-state index in [1.54, 1.807) is 37.3 Å². The number of nitrogens with zero attached hydrogens (tertiary/aromatic N) is 1. The normalized spacial score (nSPS) is 19.3. The summed E-state index contributed by atoms with van der Waals surface area (Å²) >= 11 is 6.67. The third-order valence-electron chi connectivity index (χ3n) is 4.76. The number of Topliss-reactive ketones (excluding diaryl/α,β-unsaturated/α-hetero) is 1. The average molecular weight is 515 g/mol. The SMILES string of the molecule is CC(=O)CCC1(C)C(=O)N(S(=O)(=O)c2ccc(Br)cc2)c2ccc(Br)cc21. The Labute approximate surface area is 175 Å². The lowest BCUT2D eigenvalue weighted by Gasteiger charge is -2.24. The lowest BCUT2D eigenvalue weighted by Crippen LogP contribution is -2.41. The van der Waals surface area contributed by atoms with Crippen molar-refractivity contribution in [3.63, 3.8) is 0 Å². The number of hydrogen-bond donors (Lipinski definition) is 0. The highest BCUT2D eigenvalue weighted by molar-refractivity contribution is 9.10. The first kappa shape index (κ1) is 20.2. The Morgan fingerprint density at radius 2 is 1.67 bits per heavy atom. The first-order chi connectivity index (χ1) is 12.6. The molecule has 2 aromatic carbocycles. The maximum atomic E-state index is 13.3. The predicted molar refractivity (Wildman–Crippen MR) is 110 cm³/mol. The molecule has 0 saturated heterocycles. The maximum absolute atomic E-state index is 13.3. The summed E-state index contributed by atoms with van der Waals surface area (Å²) < 4.78 is 28.8. The van der Waals surface area contributed by atoms with Gasteiger partial charge in [0.05, 0.1) is 16.0 Å². The monoisotopic (exact) mass is 513 g/mol. The molecule has 1 aliphatic rings. The van der Waals surface area contributed by atoms with Crippen LogP contribution in [0.2, 0.25) is 0 Å². The molecule has 0 radical (unpaired) electrons. The van der Waals surface area contributed by atoms with Crippen LogP contribution in [0, 0.1) is 0 Å². The van der Waals surface area contributed by atoms with Crippen molar-refractivity contribution in [3.8, 4) is 0 Å². The van der Waals surface area contributed by atoms with Crippen LogP contribution in [0.15, 0.2) is 56.3 Å². The minimum atomic E-state index is -4.08. The summed E-state index contributed by atoms with van der Waals surface area (Å²) in [5.41, 5.74) is -0.159. The number of benzene rings is 2. The molecule has 1 amide bonds. The van der Waals surface area contributed by atoms with E-state index in [4.69, 9.17) is 0 Å². The van der Waals surface area contributed by atoms with E-state index in [9.17, 15) is 18.0 Å². The molecule has 1 atom stereocenters. The van der Waals surface area contributed by atoms with Crippen molar-refractivity contribution in [2.45, 2.75) is 37.0 Å². The van der Waals surface area contributed by atoms with E-state index >= 15 is 0 Å². The van der Waals surface area contributed by atoms with Gasteiger partial charge in [-0.15, -0.1) is 0 Å². The fourth-order valence-electron chi connectivity index (χ4n) is 3.19. The van der Waals surface area contributed by atoms with Gasteiger partial charge in [0, 0.05) is 15.4 Å². The molecule has 5 nitrogen and oxygen atoms in total. The molecule has 1 unspecified atom stereocenters. The Balaban J connectivity index is 2.16. The number of amides is 1. The molecule has 0 saturated carbocycles. The number of anilines is 1. The largest absolute Gasteiger partial charge is 0.300 e. The van der Waals surface area contributed by atoms with Crippen molar-refractivity contribution in [2.24, 2.45) is 0 Å². The van der Waals surface area contributed by atoms with Crippen molar-refractivity contribution >= 4 is 59.3 Å². The van der Waals surface area contributed by atoms with Gasteiger partial charge in [-0.05, 0) is 68.3 Å². The van der Waals surface area contributed by atoms with Gasteiger partial charge in [0.2, 0.25) is 0 Å². The molecule has 3 rings (SSSR count). The molecule has 2 aromatic rings. The molecule has 27 heavy (non-hydrogen) atoms. The highest BCUT2D eigenvalue weighted by Gasteiger charge is 2.51. The molecular weight excluding hydrogens is 498 g/mol. The summed E-state index contributed by atoms with van der Waals surface area (Å²) in [4.78, 5) is 24.8. The predicted octanol–water partition coefficient (Wildman–Crippen LogP) is 4.57. The summed E-state index contributed by atoms with van der Waals surface area (Å²) in [6.07, 6.45) is 0.442. The molecule has 0 fully saturated rings. The standard InChI is InChI=1S/C19H17Br2NO4S/c1-12(23)9-10-19(2)16-11-14(21)5-8-17(16)22(18(19)24)27(25,26)15-6-3-13(20)4-7-15/h3-8,11H,9-10H2,1-2H3. The highest BCUT2D eigenvalue weighted by atomic mass is 79.9. The fourth-order valence-corrected chi connectivity index (χ4v) is 5.35. The van der Waals surface area contributed by atoms with Gasteiger partial charge in [-0.3, -0.25) is 4.79 Å². The molecule has 0 bridgehead atoms. The maximum Gasteiger partial charge on any atom is 0.270 e. The average Bonchev–Trinajstić information content (AvgIpc) is 2.82. The van der Waals surface area contributed by atoms with Crippen molar-refractivity contribution in [1.82, 2.24) is 0 Å². The van der Waals surface area contributed by atoms with Crippen molar-refractivity contribution in [2.75, 3.05) is 4.31 Å². The van der Waals surface area contributed by atoms with Gasteiger partial charge < -0.3 is 4.79 Å². The molecule has 0 spiro atoms. The van der Waals surface area contributed by atoms with Gasteiger partial charge in [0.1, 0.15) is 5.78 Å². The van der Waals surface area contributed by atoms with E-state index in [1.807, 2.05) is 0 Å². The van der Waals surface area contributed by atoms with Crippen LogP contribution in [-0.4, -0.2) is 20.1 Å². The Bertz CT molecular complexity index is 1030. The highest BCUT2D eigenvalue weighted by Crippen LogP contribution is 2.47. The lowest BCUT2D eigenvalue weighted by atomic mass is 9.79. The molecule has 0 aromatic heterocycles. The van der Waals surface area contributed by atoms with Crippen LogP contribution in [0.25, 0.3) is 0 Å². The molecule has 1 heterocycles. The zero-order valence-corrected chi connectivity index (χ0v) is 18.7. The second kappa shape index (κ2) is 7.14. The van der Waals surface area contributed by atoms with Crippen LogP contribution in [0.1, 0.15) is 32.3 Å². The number of carbonyl (C=O) groups excluding carboxylic acids is 2. The molecule has 0 aliphatic carbocycles. The first-order valence-electron chi connectivity index (χ1n) is 8.22. The Morgan fingerprint density at radius 3 is 2.26 bits per heavy atom. The minimum Gasteiger partial charge on any atom is -0.300 e. The first-order valence-corrected chi connectivity index (χ1v) is 11.2. The van der Waals surface area contributed by atoms with E-state index in [-0.39, 0.29) is 23.5 Å². The fraction of sp³-hybridized carbons (Fsp3) is 0.263. The van der Waals surface area contributed by atoms with Gasteiger partial charge >= 0.3 is 0 Å². The second-order valence-corrected chi connectivity index (χ2v) is 10.3. The quantitative estimate of drug-likeness (QED) is 0.585. The van der Waals surface area contributed by atoms with E-state index in [2.05, 4.69) is 31.9 Å². The van der Waals surface area contributed by atoms with E-state index < -0.39 is 21.3 Å².